The van der Waals surface area contributed by atoms with Gasteiger partial charge in [-0.05, 0) is 55.0 Å². The Kier molecular flexibility index (Phi) is 3.34. The quantitative estimate of drug-likeness (QED) is 0.788. The Morgan fingerprint density at radius 2 is 1.79 bits per heavy atom. The van der Waals surface area contributed by atoms with Crippen molar-refractivity contribution in [1.29, 1.82) is 0 Å². The molecule has 98 valence electrons. The molecule has 0 atom stereocenters. The Balaban J connectivity index is 2.00. The molecule has 0 saturated heterocycles. The molecule has 0 unspecified atom stereocenters. The Morgan fingerprint density at radius 3 is 2.63 bits per heavy atom. The van der Waals surface area contributed by atoms with Crippen LogP contribution in [0.3, 0.4) is 0 Å². The van der Waals surface area contributed by atoms with Crippen LogP contribution in [0.25, 0.3) is 0 Å². The number of fused-ring (bicyclic) bond motifs is 1. The lowest BCUT2D eigenvalue weighted by Crippen LogP contribution is -2.07. The first kappa shape index (κ1) is 12.4. The minimum Gasteiger partial charge on any atom is -0.397 e. The SMILES string of the molecule is Nc1cccc(Cl)c1Nc1cccc2c1CCCC2. The van der Waals surface area contributed by atoms with E-state index in [9.17, 15) is 0 Å². The van der Waals surface area contributed by atoms with E-state index < -0.39 is 0 Å². The molecule has 0 amide bonds. The monoisotopic (exact) mass is 272 g/mol. The van der Waals surface area contributed by atoms with Crippen molar-refractivity contribution in [3.05, 3.63) is 52.5 Å². The van der Waals surface area contributed by atoms with Gasteiger partial charge in [0.2, 0.25) is 0 Å². The van der Waals surface area contributed by atoms with E-state index in [2.05, 4.69) is 23.5 Å². The van der Waals surface area contributed by atoms with Crippen molar-refractivity contribution >= 4 is 28.7 Å². The first-order valence-corrected chi connectivity index (χ1v) is 7.05. The number of nitrogens with one attached hydrogen (secondary N) is 1. The lowest BCUT2D eigenvalue weighted by atomic mass is 9.90. The van der Waals surface area contributed by atoms with E-state index in [4.69, 9.17) is 17.3 Å². The summed E-state index contributed by atoms with van der Waals surface area (Å²) in [5.41, 5.74) is 11.5. The average molecular weight is 273 g/mol. The minimum atomic E-state index is 0.661. The molecule has 2 nitrogen and oxygen atoms in total. The summed E-state index contributed by atoms with van der Waals surface area (Å²) in [4.78, 5) is 0. The molecule has 2 aromatic rings. The van der Waals surface area contributed by atoms with Gasteiger partial charge in [0.25, 0.3) is 0 Å². The Bertz CT molecular complexity index is 587. The lowest BCUT2D eigenvalue weighted by molar-refractivity contribution is 0.687. The number of benzene rings is 2. The summed E-state index contributed by atoms with van der Waals surface area (Å²) >= 11 is 6.22. The van der Waals surface area contributed by atoms with E-state index in [1.165, 1.54) is 30.4 Å². The van der Waals surface area contributed by atoms with Gasteiger partial charge >= 0.3 is 0 Å². The summed E-state index contributed by atoms with van der Waals surface area (Å²) in [6.07, 6.45) is 4.83. The van der Waals surface area contributed by atoms with E-state index in [0.717, 1.165) is 17.8 Å². The van der Waals surface area contributed by atoms with Crippen LogP contribution < -0.4 is 11.1 Å². The lowest BCUT2D eigenvalue weighted by Gasteiger charge is -2.21. The zero-order valence-electron chi connectivity index (χ0n) is 10.7. The van der Waals surface area contributed by atoms with Gasteiger partial charge in [-0.25, -0.2) is 0 Å². The normalized spacial score (nSPS) is 13.9. The molecule has 0 saturated carbocycles. The van der Waals surface area contributed by atoms with Crippen molar-refractivity contribution in [2.24, 2.45) is 0 Å². The molecule has 1 aliphatic rings. The molecular formula is C16H17ClN2. The van der Waals surface area contributed by atoms with E-state index in [0.29, 0.717) is 10.7 Å². The van der Waals surface area contributed by atoms with Gasteiger partial charge in [-0.15, -0.1) is 0 Å². The van der Waals surface area contributed by atoms with Crippen LogP contribution in [0.4, 0.5) is 17.1 Å². The third-order valence-corrected chi connectivity index (χ3v) is 4.02. The number of rotatable bonds is 2. The molecule has 19 heavy (non-hydrogen) atoms. The number of halogens is 1. The maximum atomic E-state index is 6.22. The largest absolute Gasteiger partial charge is 0.397 e. The van der Waals surface area contributed by atoms with Crippen LogP contribution >= 0.6 is 11.6 Å². The smallest absolute Gasteiger partial charge is 0.0807 e. The standard InChI is InChI=1S/C16H17ClN2/c17-13-8-4-9-14(18)16(13)19-15-10-3-6-11-5-1-2-7-12(11)15/h3-4,6,8-10,19H,1-2,5,7,18H2. The zero-order valence-corrected chi connectivity index (χ0v) is 11.5. The molecule has 0 radical (unpaired) electrons. The van der Waals surface area contributed by atoms with Gasteiger partial charge in [-0.1, -0.05) is 29.8 Å². The molecule has 3 heteroatoms. The van der Waals surface area contributed by atoms with E-state index in [1.54, 1.807) is 0 Å². The van der Waals surface area contributed by atoms with Crippen molar-refractivity contribution in [3.63, 3.8) is 0 Å². The van der Waals surface area contributed by atoms with Crippen LogP contribution in [0.2, 0.25) is 5.02 Å². The average Bonchev–Trinajstić information content (AvgIpc) is 2.43. The van der Waals surface area contributed by atoms with Gasteiger partial charge in [0, 0.05) is 5.69 Å². The fraction of sp³-hybridized carbons (Fsp3) is 0.250. The number of nitrogen functional groups attached to an aromatic ring is 1. The van der Waals surface area contributed by atoms with Gasteiger partial charge in [0.1, 0.15) is 0 Å². The van der Waals surface area contributed by atoms with Crippen molar-refractivity contribution < 1.29 is 0 Å². The highest BCUT2D eigenvalue weighted by Crippen LogP contribution is 2.35. The number of anilines is 3. The Morgan fingerprint density at radius 1 is 1.00 bits per heavy atom. The van der Waals surface area contributed by atoms with Gasteiger partial charge in [-0.3, -0.25) is 0 Å². The molecule has 0 heterocycles. The third kappa shape index (κ3) is 2.41. The van der Waals surface area contributed by atoms with Gasteiger partial charge < -0.3 is 11.1 Å². The number of hydrogen-bond acceptors (Lipinski definition) is 2. The predicted octanol–water partition coefficient (Wildman–Crippen LogP) is 4.54. The van der Waals surface area contributed by atoms with E-state index in [1.807, 2.05) is 18.2 Å². The van der Waals surface area contributed by atoms with Gasteiger partial charge in [0.15, 0.2) is 0 Å². The van der Waals surface area contributed by atoms with Crippen LogP contribution in [0.5, 0.6) is 0 Å². The molecule has 0 spiro atoms. The van der Waals surface area contributed by atoms with Crippen LogP contribution in [0.1, 0.15) is 24.0 Å². The third-order valence-electron chi connectivity index (χ3n) is 3.70. The fourth-order valence-electron chi connectivity index (χ4n) is 2.71. The molecule has 0 fully saturated rings. The summed E-state index contributed by atoms with van der Waals surface area (Å²) in [6, 6.07) is 12.0. The molecule has 0 aromatic heterocycles. The first-order valence-electron chi connectivity index (χ1n) is 6.67. The molecule has 0 aliphatic heterocycles. The highest BCUT2D eigenvalue weighted by Gasteiger charge is 2.14. The second-order valence-electron chi connectivity index (χ2n) is 4.98. The number of hydrogen-bond donors (Lipinski definition) is 2. The van der Waals surface area contributed by atoms with Crippen LogP contribution in [-0.2, 0) is 12.8 Å². The van der Waals surface area contributed by atoms with Gasteiger partial charge in [0.05, 0.1) is 16.4 Å². The van der Waals surface area contributed by atoms with Gasteiger partial charge in [-0.2, -0.15) is 0 Å². The highest BCUT2D eigenvalue weighted by atomic mass is 35.5. The van der Waals surface area contributed by atoms with E-state index in [-0.39, 0.29) is 0 Å². The molecule has 3 rings (SSSR count). The molecular weight excluding hydrogens is 256 g/mol. The molecule has 3 N–H and O–H groups in total. The second-order valence-corrected chi connectivity index (χ2v) is 5.39. The van der Waals surface area contributed by atoms with Crippen LogP contribution in [0, 0.1) is 0 Å². The summed E-state index contributed by atoms with van der Waals surface area (Å²) in [5, 5.41) is 4.07. The summed E-state index contributed by atoms with van der Waals surface area (Å²) in [6.45, 7) is 0. The molecule has 2 aromatic carbocycles. The molecule has 1 aliphatic carbocycles. The van der Waals surface area contributed by atoms with Crippen molar-refractivity contribution in [2.75, 3.05) is 11.1 Å². The Labute approximate surface area is 118 Å². The summed E-state index contributed by atoms with van der Waals surface area (Å²) in [7, 11) is 0. The topological polar surface area (TPSA) is 38.0 Å². The fourth-order valence-corrected chi connectivity index (χ4v) is 2.93. The second kappa shape index (κ2) is 5.14. The number of nitrogens with two attached hydrogens (primary N) is 1. The van der Waals surface area contributed by atoms with Crippen molar-refractivity contribution in [1.82, 2.24) is 0 Å². The maximum Gasteiger partial charge on any atom is 0.0807 e. The maximum absolute atomic E-state index is 6.22. The Hall–Kier alpha value is -1.67. The first-order chi connectivity index (χ1) is 9.25. The predicted molar refractivity (Wildman–Crippen MR) is 82.2 cm³/mol. The highest BCUT2D eigenvalue weighted by molar-refractivity contribution is 6.34. The summed E-state index contributed by atoms with van der Waals surface area (Å²) < 4.78 is 0. The number of aryl methyl sites for hydroxylation is 1. The molecule has 0 bridgehead atoms. The van der Waals surface area contributed by atoms with Crippen molar-refractivity contribution in [2.45, 2.75) is 25.7 Å². The van der Waals surface area contributed by atoms with Crippen molar-refractivity contribution in [3.8, 4) is 0 Å². The van der Waals surface area contributed by atoms with Crippen LogP contribution in [-0.4, -0.2) is 0 Å². The number of para-hydroxylation sites is 1. The minimum absolute atomic E-state index is 0.661. The van der Waals surface area contributed by atoms with E-state index >= 15 is 0 Å². The zero-order chi connectivity index (χ0) is 13.2. The van der Waals surface area contributed by atoms with Crippen LogP contribution in [0.15, 0.2) is 36.4 Å². The summed E-state index contributed by atoms with van der Waals surface area (Å²) in [5.74, 6) is 0.